The lowest BCUT2D eigenvalue weighted by Gasteiger charge is -2.61. The number of likely N-dealkylation sites (N-methyl/N-ethyl adjacent to an activating group) is 1. The Balaban J connectivity index is 1.41. The number of nitrogens with one attached hydrogen (secondary N) is 1. The van der Waals surface area contributed by atoms with Gasteiger partial charge in [0.05, 0.1) is 11.0 Å². The number of benzene rings is 1. The van der Waals surface area contributed by atoms with Gasteiger partial charge in [0.25, 0.3) is 14.2 Å². The zero-order chi connectivity index (χ0) is 34.2. The molecule has 1 amide bonds. The van der Waals surface area contributed by atoms with Gasteiger partial charge in [0.15, 0.2) is 18.0 Å². The Bertz CT molecular complexity index is 1460. The van der Waals surface area contributed by atoms with E-state index in [1.54, 1.807) is 26.8 Å². The molecule has 2 aliphatic carbocycles. The van der Waals surface area contributed by atoms with Crippen LogP contribution in [-0.2, 0) is 35.6 Å². The number of hydrogen-bond acceptors (Lipinski definition) is 10. The lowest BCUT2D eigenvalue weighted by atomic mass is 9.50. The van der Waals surface area contributed by atoms with E-state index in [1.165, 1.54) is 13.8 Å². The highest BCUT2D eigenvalue weighted by Gasteiger charge is 2.72. The summed E-state index contributed by atoms with van der Waals surface area (Å²) in [6.45, 7) is 19.6. The molecule has 4 aliphatic rings. The van der Waals surface area contributed by atoms with Gasteiger partial charge in [-0.15, -0.1) is 0 Å². The first-order valence-corrected chi connectivity index (χ1v) is 19.1. The van der Waals surface area contributed by atoms with Crippen molar-refractivity contribution in [3.8, 4) is 11.5 Å². The molecule has 0 radical (unpaired) electrons. The maximum absolute atomic E-state index is 13.4. The summed E-state index contributed by atoms with van der Waals surface area (Å²) in [6.07, 6.45) is 0.356. The van der Waals surface area contributed by atoms with Crippen molar-refractivity contribution < 1.29 is 42.9 Å². The van der Waals surface area contributed by atoms with Crippen molar-refractivity contribution in [2.45, 2.75) is 134 Å². The number of amides is 1. The maximum Gasteiger partial charge on any atom is 0.509 e. The van der Waals surface area contributed by atoms with Gasteiger partial charge >= 0.3 is 12.1 Å². The van der Waals surface area contributed by atoms with Crippen LogP contribution in [0.15, 0.2) is 24.0 Å². The molecule has 1 aromatic rings. The summed E-state index contributed by atoms with van der Waals surface area (Å²) in [7, 11) is -0.213. The molecule has 12 heteroatoms. The van der Waals surface area contributed by atoms with Gasteiger partial charge in [-0.1, -0.05) is 26.8 Å². The van der Waals surface area contributed by atoms with E-state index in [0.717, 1.165) is 17.7 Å². The van der Waals surface area contributed by atoms with Crippen molar-refractivity contribution in [3.05, 3.63) is 35.1 Å². The lowest BCUT2D eigenvalue weighted by molar-refractivity contribution is -0.170. The van der Waals surface area contributed by atoms with Crippen molar-refractivity contribution >= 4 is 26.3 Å². The van der Waals surface area contributed by atoms with Crippen LogP contribution in [0.2, 0.25) is 18.1 Å². The van der Waals surface area contributed by atoms with E-state index in [1.807, 2.05) is 13.1 Å². The van der Waals surface area contributed by atoms with Crippen molar-refractivity contribution in [2.75, 3.05) is 13.6 Å². The van der Waals surface area contributed by atoms with Crippen LogP contribution in [0.1, 0.15) is 79.4 Å². The predicted molar refractivity (Wildman–Crippen MR) is 173 cm³/mol. The topological polar surface area (TPSA) is 133 Å². The largest absolute Gasteiger partial charge is 0.541 e. The van der Waals surface area contributed by atoms with Gasteiger partial charge in [0.2, 0.25) is 0 Å². The number of rotatable bonds is 7. The summed E-state index contributed by atoms with van der Waals surface area (Å²) in [6, 6.07) is 2.87. The Hall–Kier alpha value is -3.09. The van der Waals surface area contributed by atoms with Crippen LogP contribution in [0.4, 0.5) is 4.79 Å². The van der Waals surface area contributed by atoms with Gasteiger partial charge in [-0.05, 0) is 96.9 Å². The number of nitrogens with zero attached hydrogens (tertiary/aromatic N) is 1. The fraction of sp³-hybridized carbons (Fsp3) is 0.676. The van der Waals surface area contributed by atoms with Crippen LogP contribution in [0.5, 0.6) is 11.5 Å². The quantitative estimate of drug-likeness (QED) is 0.313. The molecule has 6 atom stereocenters. The third kappa shape index (κ3) is 5.59. The number of likely N-dealkylation sites (tertiary alicyclic amines) is 1. The molecule has 11 nitrogen and oxygen atoms in total. The molecule has 2 aliphatic heterocycles. The van der Waals surface area contributed by atoms with Gasteiger partial charge in [0.1, 0.15) is 23.2 Å². The van der Waals surface area contributed by atoms with Crippen molar-refractivity contribution in [3.63, 3.8) is 0 Å². The van der Waals surface area contributed by atoms with Crippen LogP contribution < -0.4 is 14.5 Å². The SMILES string of the molecule is CC(NC(=O)C(C)OC(=O)OC(C)(C)C)C(=O)OC1=CCC2(O)C3Cc4ccc(O[Si](C)(C)C(C)(C)C)c5c4C2(CCN3C)C1O5. The number of piperidine rings is 1. The van der Waals surface area contributed by atoms with E-state index >= 15 is 0 Å². The fourth-order valence-corrected chi connectivity index (χ4v) is 8.02. The molecule has 2 N–H and O–H groups in total. The predicted octanol–water partition coefficient (Wildman–Crippen LogP) is 4.74. The van der Waals surface area contributed by atoms with E-state index in [9.17, 15) is 19.5 Å². The van der Waals surface area contributed by atoms with Crippen LogP contribution >= 0.6 is 0 Å². The highest BCUT2D eigenvalue weighted by atomic mass is 28.4. The highest BCUT2D eigenvalue weighted by molar-refractivity contribution is 6.74. The fourth-order valence-electron chi connectivity index (χ4n) is 7.00. The molecule has 1 saturated heterocycles. The summed E-state index contributed by atoms with van der Waals surface area (Å²) >= 11 is 0. The first-order chi connectivity index (χ1) is 21.1. The number of hydrogen-bond donors (Lipinski definition) is 2. The molecule has 0 aromatic heterocycles. The second-order valence-electron chi connectivity index (χ2n) is 15.8. The second-order valence-corrected chi connectivity index (χ2v) is 20.5. The van der Waals surface area contributed by atoms with E-state index in [-0.39, 0.29) is 17.5 Å². The van der Waals surface area contributed by atoms with Crippen molar-refractivity contribution in [1.82, 2.24) is 10.2 Å². The van der Waals surface area contributed by atoms with Gasteiger partial charge in [-0.2, -0.15) is 0 Å². The first-order valence-electron chi connectivity index (χ1n) is 16.2. The molecule has 6 unspecified atom stereocenters. The average Bonchev–Trinajstić information content (AvgIpc) is 3.27. The number of esters is 1. The maximum atomic E-state index is 13.4. The minimum absolute atomic E-state index is 0.0464. The molecule has 1 fully saturated rings. The van der Waals surface area contributed by atoms with Gasteiger partial charge in [-0.25, -0.2) is 9.59 Å². The van der Waals surface area contributed by atoms with E-state index in [2.05, 4.69) is 50.1 Å². The number of carbonyl (C=O) groups excluding carboxylic acids is 3. The number of carbonyl (C=O) groups is 3. The highest BCUT2D eigenvalue weighted by Crippen LogP contribution is 2.65. The van der Waals surface area contributed by atoms with Crippen LogP contribution in [-0.4, -0.2) is 85.4 Å². The molecular formula is C34H50N2O9Si. The minimum atomic E-state index is -2.25. The Kier molecular flexibility index (Phi) is 8.39. The van der Waals surface area contributed by atoms with Crippen molar-refractivity contribution in [2.24, 2.45) is 0 Å². The van der Waals surface area contributed by atoms with Crippen LogP contribution in [0.3, 0.4) is 0 Å². The molecule has 1 aromatic carbocycles. The first kappa shape index (κ1) is 34.2. The molecule has 254 valence electrons. The molecular weight excluding hydrogens is 608 g/mol. The minimum Gasteiger partial charge on any atom is -0.541 e. The van der Waals surface area contributed by atoms with Gasteiger partial charge in [-0.3, -0.25) is 4.79 Å². The summed E-state index contributed by atoms with van der Waals surface area (Å²) in [5.41, 5.74) is -0.712. The molecule has 2 bridgehead atoms. The molecule has 2 heterocycles. The normalized spacial score (nSPS) is 28.1. The molecule has 0 saturated carbocycles. The summed E-state index contributed by atoms with van der Waals surface area (Å²) in [5, 5.41) is 15.1. The number of aliphatic hydroxyl groups is 1. The summed E-state index contributed by atoms with van der Waals surface area (Å²) < 4.78 is 29.7. The zero-order valence-electron chi connectivity index (χ0n) is 29.0. The monoisotopic (exact) mass is 658 g/mol. The molecule has 46 heavy (non-hydrogen) atoms. The average molecular weight is 659 g/mol. The standard InChI is InChI=1S/C34H50N2O9Si/c1-19(35-28(37)20(2)41-30(39)44-31(3,4)5)29(38)42-23-14-15-34(40)24-18-21-12-13-22(45-46(10,11)32(6,7)8)26-25(21)33(34,27(23)43-26)16-17-36(24)9/h12-14,19-20,24,27,40H,15-18H2,1-11H3,(H,35,37). The van der Waals surface area contributed by atoms with E-state index < -0.39 is 61.2 Å². The van der Waals surface area contributed by atoms with Gasteiger partial charge < -0.3 is 38.7 Å². The Morgan fingerprint density at radius 2 is 1.80 bits per heavy atom. The van der Waals surface area contributed by atoms with E-state index in [4.69, 9.17) is 23.4 Å². The summed E-state index contributed by atoms with van der Waals surface area (Å²) in [5.74, 6) is 0.197. The third-order valence-electron chi connectivity index (χ3n) is 10.5. The van der Waals surface area contributed by atoms with Crippen molar-refractivity contribution in [1.29, 1.82) is 0 Å². The third-order valence-corrected chi connectivity index (χ3v) is 14.8. The van der Waals surface area contributed by atoms with Gasteiger partial charge in [0, 0.05) is 18.0 Å². The molecule has 1 spiro atoms. The zero-order valence-corrected chi connectivity index (χ0v) is 30.0. The molecule has 5 rings (SSSR count). The Labute approximate surface area is 273 Å². The Morgan fingerprint density at radius 1 is 1.13 bits per heavy atom. The second kappa shape index (κ2) is 11.3. The number of ether oxygens (including phenoxy) is 4. The summed E-state index contributed by atoms with van der Waals surface area (Å²) in [4.78, 5) is 40.4. The Morgan fingerprint density at radius 3 is 2.43 bits per heavy atom. The van der Waals surface area contributed by atoms with E-state index in [0.29, 0.717) is 30.1 Å². The lowest BCUT2D eigenvalue weighted by Crippen LogP contribution is -2.74. The van der Waals surface area contributed by atoms with Crippen LogP contribution in [0, 0.1) is 0 Å². The smallest absolute Gasteiger partial charge is 0.509 e. The van der Waals surface area contributed by atoms with Crippen LogP contribution in [0.25, 0.3) is 0 Å².